The third kappa shape index (κ3) is 4.03. The predicted molar refractivity (Wildman–Crippen MR) is 82.7 cm³/mol. The molecule has 0 saturated carbocycles. The average molecular weight is 304 g/mol. The van der Waals surface area contributed by atoms with Crippen LogP contribution >= 0.6 is 11.6 Å². The molecule has 0 unspecified atom stereocenters. The van der Waals surface area contributed by atoms with Gasteiger partial charge in [-0.05, 0) is 37.3 Å². The maximum absolute atomic E-state index is 12.0. The van der Waals surface area contributed by atoms with E-state index in [1.165, 1.54) is 13.1 Å². The number of hydrogen-bond acceptors (Lipinski definition) is 3. The maximum Gasteiger partial charge on any atom is 0.257 e. The third-order valence-corrected chi connectivity index (χ3v) is 3.02. The number of benzene rings is 1. The van der Waals surface area contributed by atoms with Gasteiger partial charge in [-0.15, -0.1) is 0 Å². The Kier molecular flexibility index (Phi) is 4.55. The van der Waals surface area contributed by atoms with E-state index in [1.807, 2.05) is 6.92 Å². The molecule has 2 N–H and O–H groups in total. The number of anilines is 2. The van der Waals surface area contributed by atoms with Crippen LogP contribution in [0, 0.1) is 6.92 Å². The van der Waals surface area contributed by atoms with E-state index >= 15 is 0 Å². The lowest BCUT2D eigenvalue weighted by Crippen LogP contribution is -2.12. The van der Waals surface area contributed by atoms with Crippen molar-refractivity contribution in [3.63, 3.8) is 0 Å². The minimum atomic E-state index is -0.272. The minimum absolute atomic E-state index is 0.209. The highest BCUT2D eigenvalue weighted by Crippen LogP contribution is 2.25. The molecule has 0 aliphatic carbocycles. The lowest BCUT2D eigenvalue weighted by molar-refractivity contribution is -0.114. The summed E-state index contributed by atoms with van der Waals surface area (Å²) in [5.74, 6) is -0.481. The summed E-state index contributed by atoms with van der Waals surface area (Å²) in [4.78, 5) is 27.1. The first-order valence-electron chi connectivity index (χ1n) is 6.27. The molecule has 21 heavy (non-hydrogen) atoms. The van der Waals surface area contributed by atoms with Gasteiger partial charge in [0.1, 0.15) is 0 Å². The predicted octanol–water partition coefficient (Wildman–Crippen LogP) is 3.25. The van der Waals surface area contributed by atoms with Crippen LogP contribution in [0.5, 0.6) is 0 Å². The molecule has 1 aromatic heterocycles. The summed E-state index contributed by atoms with van der Waals surface area (Å²) < 4.78 is 0. The Balaban J connectivity index is 2.12. The van der Waals surface area contributed by atoms with Crippen molar-refractivity contribution in [2.24, 2.45) is 0 Å². The van der Waals surface area contributed by atoms with Gasteiger partial charge in [0, 0.05) is 24.5 Å². The monoisotopic (exact) mass is 303 g/mol. The first-order chi connectivity index (χ1) is 9.95. The second kappa shape index (κ2) is 6.37. The van der Waals surface area contributed by atoms with Gasteiger partial charge in [-0.25, -0.2) is 0 Å². The molecule has 0 bridgehead atoms. The van der Waals surface area contributed by atoms with Gasteiger partial charge in [0.05, 0.1) is 16.3 Å². The molecule has 1 heterocycles. The molecule has 108 valence electrons. The summed E-state index contributed by atoms with van der Waals surface area (Å²) in [6.45, 7) is 3.25. The second-order valence-electron chi connectivity index (χ2n) is 4.52. The molecular formula is C15H14ClN3O2. The number of carbonyl (C=O) groups is 2. The van der Waals surface area contributed by atoms with Crippen molar-refractivity contribution in [3.05, 3.63) is 52.8 Å². The average Bonchev–Trinajstić information content (AvgIpc) is 2.42. The van der Waals surface area contributed by atoms with Gasteiger partial charge in [-0.1, -0.05) is 11.6 Å². The first-order valence-corrected chi connectivity index (χ1v) is 6.64. The number of aromatic nitrogens is 1. The van der Waals surface area contributed by atoms with Gasteiger partial charge >= 0.3 is 0 Å². The number of aryl methyl sites for hydroxylation is 1. The minimum Gasteiger partial charge on any atom is -0.325 e. The molecule has 0 saturated heterocycles. The Hall–Kier alpha value is -2.40. The zero-order valence-corrected chi connectivity index (χ0v) is 12.4. The Morgan fingerprint density at radius 2 is 1.90 bits per heavy atom. The third-order valence-electron chi connectivity index (χ3n) is 2.71. The van der Waals surface area contributed by atoms with Crippen LogP contribution in [0.3, 0.4) is 0 Å². The zero-order valence-electron chi connectivity index (χ0n) is 11.6. The van der Waals surface area contributed by atoms with Gasteiger partial charge in [0.15, 0.2) is 0 Å². The smallest absolute Gasteiger partial charge is 0.257 e. The van der Waals surface area contributed by atoms with Crippen LogP contribution < -0.4 is 10.6 Å². The number of halogens is 1. The highest BCUT2D eigenvalue weighted by molar-refractivity contribution is 6.34. The Morgan fingerprint density at radius 3 is 2.48 bits per heavy atom. The number of nitrogens with zero attached hydrogens (tertiary/aromatic N) is 1. The van der Waals surface area contributed by atoms with Gasteiger partial charge in [-0.3, -0.25) is 14.6 Å². The molecular weight excluding hydrogens is 290 g/mol. The van der Waals surface area contributed by atoms with Crippen molar-refractivity contribution < 1.29 is 9.59 Å². The van der Waals surface area contributed by atoms with Crippen molar-refractivity contribution in [1.82, 2.24) is 4.98 Å². The molecule has 2 rings (SSSR count). The van der Waals surface area contributed by atoms with E-state index in [-0.39, 0.29) is 11.8 Å². The normalized spacial score (nSPS) is 10.0. The van der Waals surface area contributed by atoms with Crippen LogP contribution in [-0.2, 0) is 4.79 Å². The van der Waals surface area contributed by atoms with E-state index in [2.05, 4.69) is 15.6 Å². The number of rotatable bonds is 3. The fraction of sp³-hybridized carbons (Fsp3) is 0.133. The molecule has 0 radical (unpaired) electrons. The summed E-state index contributed by atoms with van der Waals surface area (Å²) in [6.07, 6.45) is 1.51. The number of pyridine rings is 1. The van der Waals surface area contributed by atoms with Crippen molar-refractivity contribution in [1.29, 1.82) is 0 Å². The first kappa shape index (κ1) is 15.0. The largest absolute Gasteiger partial charge is 0.325 e. The number of nitrogens with one attached hydrogen (secondary N) is 2. The van der Waals surface area contributed by atoms with Crippen molar-refractivity contribution in [3.8, 4) is 0 Å². The lowest BCUT2D eigenvalue weighted by Gasteiger charge is -2.09. The van der Waals surface area contributed by atoms with E-state index in [4.69, 9.17) is 11.6 Å². The van der Waals surface area contributed by atoms with E-state index in [9.17, 15) is 9.59 Å². The van der Waals surface area contributed by atoms with Gasteiger partial charge in [0.2, 0.25) is 5.91 Å². The summed E-state index contributed by atoms with van der Waals surface area (Å²) in [5.41, 5.74) is 2.34. The number of carbonyl (C=O) groups excluding carboxylic acids is 2. The van der Waals surface area contributed by atoms with Gasteiger partial charge < -0.3 is 10.6 Å². The molecule has 0 spiro atoms. The SMILES string of the molecule is CC(=O)Nc1ccc(NC(=O)c2ccc(C)nc2)cc1Cl. The molecule has 6 heteroatoms. The van der Waals surface area contributed by atoms with E-state index in [0.717, 1.165) is 5.69 Å². The quantitative estimate of drug-likeness (QED) is 0.914. The zero-order chi connectivity index (χ0) is 15.4. The molecule has 0 atom stereocenters. The Bertz CT molecular complexity index is 684. The van der Waals surface area contributed by atoms with E-state index in [0.29, 0.717) is 22.0 Å². The van der Waals surface area contributed by atoms with Gasteiger partial charge in [0.25, 0.3) is 5.91 Å². The molecule has 5 nitrogen and oxygen atoms in total. The number of amides is 2. The van der Waals surface area contributed by atoms with Crippen LogP contribution in [0.25, 0.3) is 0 Å². The molecule has 2 aromatic rings. The Labute approximate surface area is 127 Å². The standard InChI is InChI=1S/C15H14ClN3O2/c1-9-3-4-11(8-17-9)15(21)19-12-5-6-14(13(16)7-12)18-10(2)20/h3-8H,1-2H3,(H,18,20)(H,19,21). The Morgan fingerprint density at radius 1 is 1.14 bits per heavy atom. The summed E-state index contributed by atoms with van der Waals surface area (Å²) in [7, 11) is 0. The fourth-order valence-corrected chi connectivity index (χ4v) is 1.92. The fourth-order valence-electron chi connectivity index (χ4n) is 1.69. The van der Waals surface area contributed by atoms with Crippen LogP contribution in [0.15, 0.2) is 36.5 Å². The van der Waals surface area contributed by atoms with E-state index in [1.54, 1.807) is 30.3 Å². The lowest BCUT2D eigenvalue weighted by atomic mass is 10.2. The summed E-state index contributed by atoms with van der Waals surface area (Å²) in [5, 5.41) is 5.67. The van der Waals surface area contributed by atoms with Crippen LogP contribution in [0.2, 0.25) is 5.02 Å². The molecule has 0 aliphatic rings. The highest BCUT2D eigenvalue weighted by Gasteiger charge is 2.08. The van der Waals surface area contributed by atoms with Crippen LogP contribution in [0.4, 0.5) is 11.4 Å². The van der Waals surface area contributed by atoms with Crippen molar-refractivity contribution >= 4 is 34.8 Å². The topological polar surface area (TPSA) is 71.1 Å². The van der Waals surface area contributed by atoms with Crippen LogP contribution in [-0.4, -0.2) is 16.8 Å². The number of hydrogen-bond donors (Lipinski definition) is 2. The summed E-state index contributed by atoms with van der Waals surface area (Å²) >= 11 is 6.05. The molecule has 0 fully saturated rings. The van der Waals surface area contributed by atoms with Crippen molar-refractivity contribution in [2.75, 3.05) is 10.6 Å². The molecule has 0 aliphatic heterocycles. The van der Waals surface area contributed by atoms with E-state index < -0.39 is 0 Å². The van der Waals surface area contributed by atoms with Gasteiger partial charge in [-0.2, -0.15) is 0 Å². The summed E-state index contributed by atoms with van der Waals surface area (Å²) in [6, 6.07) is 8.34. The maximum atomic E-state index is 12.0. The highest BCUT2D eigenvalue weighted by atomic mass is 35.5. The van der Waals surface area contributed by atoms with Crippen molar-refractivity contribution in [2.45, 2.75) is 13.8 Å². The second-order valence-corrected chi connectivity index (χ2v) is 4.93. The molecule has 2 amide bonds. The molecule has 1 aromatic carbocycles. The van der Waals surface area contributed by atoms with Crippen LogP contribution in [0.1, 0.15) is 23.0 Å².